The number of nitrogens with zero attached hydrogens (tertiary/aromatic N) is 4. The summed E-state index contributed by atoms with van der Waals surface area (Å²) in [7, 11) is 0. The average molecular weight is 435 g/mol. The summed E-state index contributed by atoms with van der Waals surface area (Å²) in [4.78, 5) is 16.9. The predicted octanol–water partition coefficient (Wildman–Crippen LogP) is 3.82. The third-order valence-electron chi connectivity index (χ3n) is 6.27. The number of halogens is 3. The van der Waals surface area contributed by atoms with Gasteiger partial charge in [-0.2, -0.15) is 18.3 Å². The second kappa shape index (κ2) is 9.02. The molecule has 0 atom stereocenters. The monoisotopic (exact) mass is 434 g/mol. The van der Waals surface area contributed by atoms with Crippen molar-refractivity contribution < 1.29 is 18.0 Å². The van der Waals surface area contributed by atoms with Crippen molar-refractivity contribution in [3.05, 3.63) is 52.3 Å². The van der Waals surface area contributed by atoms with Crippen LogP contribution in [0.1, 0.15) is 47.3 Å². The highest BCUT2D eigenvalue weighted by Gasteiger charge is 2.39. The van der Waals surface area contributed by atoms with Crippen LogP contribution in [-0.4, -0.2) is 51.7 Å². The zero-order valence-electron chi connectivity index (χ0n) is 17.9. The fourth-order valence-electron chi connectivity index (χ4n) is 4.66. The van der Waals surface area contributed by atoms with Gasteiger partial charge in [-0.15, -0.1) is 0 Å². The Labute approximate surface area is 180 Å². The van der Waals surface area contributed by atoms with E-state index in [1.165, 1.54) is 15.8 Å². The molecule has 0 N–H and O–H groups in total. The van der Waals surface area contributed by atoms with Crippen LogP contribution in [0.4, 0.5) is 13.2 Å². The van der Waals surface area contributed by atoms with E-state index in [0.717, 1.165) is 38.9 Å². The summed E-state index contributed by atoms with van der Waals surface area (Å²) in [6, 6.07) is 8.39. The van der Waals surface area contributed by atoms with E-state index in [9.17, 15) is 18.0 Å². The first-order valence-corrected chi connectivity index (χ1v) is 11.0. The SMILES string of the molecule is Cc1cccc(CN2CCN(C(=O)Cn3nc(C(F)(F)F)c4c3CCCCC4)CC2)c1. The van der Waals surface area contributed by atoms with Gasteiger partial charge in [0.15, 0.2) is 5.69 Å². The van der Waals surface area contributed by atoms with Gasteiger partial charge in [0.25, 0.3) is 0 Å². The summed E-state index contributed by atoms with van der Waals surface area (Å²) < 4.78 is 41.8. The van der Waals surface area contributed by atoms with Crippen molar-refractivity contribution in [3.8, 4) is 0 Å². The van der Waals surface area contributed by atoms with Gasteiger partial charge in [-0.05, 0) is 38.2 Å². The molecule has 4 rings (SSSR count). The number of hydrogen-bond donors (Lipinski definition) is 0. The van der Waals surface area contributed by atoms with Crippen molar-refractivity contribution in [1.29, 1.82) is 0 Å². The highest BCUT2D eigenvalue weighted by atomic mass is 19.4. The molecule has 168 valence electrons. The van der Waals surface area contributed by atoms with E-state index in [0.29, 0.717) is 37.2 Å². The van der Waals surface area contributed by atoms with Crippen LogP contribution in [0.5, 0.6) is 0 Å². The Morgan fingerprint density at radius 1 is 1.06 bits per heavy atom. The van der Waals surface area contributed by atoms with Gasteiger partial charge in [-0.3, -0.25) is 14.4 Å². The van der Waals surface area contributed by atoms with Crippen molar-refractivity contribution >= 4 is 5.91 Å². The van der Waals surface area contributed by atoms with Crippen LogP contribution in [0.15, 0.2) is 24.3 Å². The first kappa shape index (κ1) is 21.9. The first-order valence-electron chi connectivity index (χ1n) is 11.0. The van der Waals surface area contributed by atoms with Gasteiger partial charge in [0.05, 0.1) is 0 Å². The van der Waals surface area contributed by atoms with Crippen molar-refractivity contribution in [2.45, 2.75) is 58.3 Å². The van der Waals surface area contributed by atoms with E-state index in [2.05, 4.69) is 35.1 Å². The lowest BCUT2D eigenvalue weighted by Crippen LogP contribution is -2.49. The van der Waals surface area contributed by atoms with Crippen LogP contribution in [0.25, 0.3) is 0 Å². The normalized spacial score (nSPS) is 18.0. The van der Waals surface area contributed by atoms with Crippen molar-refractivity contribution in [2.24, 2.45) is 0 Å². The van der Waals surface area contributed by atoms with Crippen LogP contribution in [0, 0.1) is 6.92 Å². The standard InChI is InChI=1S/C23H29F3N4O/c1-17-6-5-7-18(14-17)15-28-10-12-29(13-11-28)21(31)16-30-20-9-4-2-3-8-19(20)22(27-30)23(24,25)26/h5-7,14H,2-4,8-13,15-16H2,1H3. The summed E-state index contributed by atoms with van der Waals surface area (Å²) in [5, 5.41) is 3.85. The molecule has 8 heteroatoms. The van der Waals surface area contributed by atoms with Gasteiger partial charge in [-0.1, -0.05) is 36.2 Å². The Hall–Kier alpha value is -2.35. The van der Waals surface area contributed by atoms with Crippen molar-refractivity contribution in [2.75, 3.05) is 26.2 Å². The lowest BCUT2D eigenvalue weighted by molar-refractivity contribution is -0.142. The molecule has 0 saturated carbocycles. The van der Waals surface area contributed by atoms with Gasteiger partial charge in [0, 0.05) is 44.0 Å². The highest BCUT2D eigenvalue weighted by Crippen LogP contribution is 2.35. The smallest absolute Gasteiger partial charge is 0.339 e. The largest absolute Gasteiger partial charge is 0.435 e. The van der Waals surface area contributed by atoms with Gasteiger partial charge in [0.2, 0.25) is 5.91 Å². The lowest BCUT2D eigenvalue weighted by Gasteiger charge is -2.35. The molecule has 1 aliphatic heterocycles. The second-order valence-corrected chi connectivity index (χ2v) is 8.64. The molecule has 0 radical (unpaired) electrons. The molecule has 2 aliphatic rings. The molecule has 31 heavy (non-hydrogen) atoms. The molecule has 1 amide bonds. The molecule has 1 aliphatic carbocycles. The fraction of sp³-hybridized carbons (Fsp3) is 0.565. The number of aromatic nitrogens is 2. The summed E-state index contributed by atoms with van der Waals surface area (Å²) in [5.74, 6) is -0.154. The minimum atomic E-state index is -4.48. The number of benzene rings is 1. The van der Waals surface area contributed by atoms with Crippen LogP contribution < -0.4 is 0 Å². The second-order valence-electron chi connectivity index (χ2n) is 8.64. The number of carbonyl (C=O) groups is 1. The quantitative estimate of drug-likeness (QED) is 0.687. The summed E-state index contributed by atoms with van der Waals surface area (Å²) in [6.45, 7) is 5.47. The number of fused-ring (bicyclic) bond motifs is 1. The summed E-state index contributed by atoms with van der Waals surface area (Å²) in [6.07, 6.45) is -1.07. The van der Waals surface area contributed by atoms with E-state index >= 15 is 0 Å². The Kier molecular flexibility index (Phi) is 6.36. The molecule has 2 aromatic rings. The number of piperazine rings is 1. The number of rotatable bonds is 4. The predicted molar refractivity (Wildman–Crippen MR) is 112 cm³/mol. The van der Waals surface area contributed by atoms with Gasteiger partial charge in [-0.25, -0.2) is 0 Å². The minimum Gasteiger partial charge on any atom is -0.339 e. The minimum absolute atomic E-state index is 0.115. The van der Waals surface area contributed by atoms with Crippen LogP contribution in [0.3, 0.4) is 0 Å². The van der Waals surface area contributed by atoms with E-state index in [-0.39, 0.29) is 12.5 Å². The molecule has 1 aromatic carbocycles. The van der Waals surface area contributed by atoms with Gasteiger partial charge >= 0.3 is 6.18 Å². The third kappa shape index (κ3) is 5.11. The fourth-order valence-corrected chi connectivity index (χ4v) is 4.66. The summed E-state index contributed by atoms with van der Waals surface area (Å²) >= 11 is 0. The topological polar surface area (TPSA) is 41.4 Å². The molecule has 1 aromatic heterocycles. The molecule has 0 unspecified atom stereocenters. The van der Waals surface area contributed by atoms with Crippen molar-refractivity contribution in [1.82, 2.24) is 19.6 Å². The van der Waals surface area contributed by atoms with Crippen molar-refractivity contribution in [3.63, 3.8) is 0 Å². The summed E-state index contributed by atoms with van der Waals surface area (Å²) in [5.41, 5.74) is 2.55. The Bertz CT molecular complexity index is 929. The lowest BCUT2D eigenvalue weighted by atomic mass is 10.1. The van der Waals surface area contributed by atoms with Crippen LogP contribution in [0.2, 0.25) is 0 Å². The molecule has 1 fully saturated rings. The Morgan fingerprint density at radius 3 is 2.52 bits per heavy atom. The first-order chi connectivity index (χ1) is 14.8. The number of amides is 1. The Balaban J connectivity index is 1.40. The molecule has 2 heterocycles. The number of hydrogen-bond acceptors (Lipinski definition) is 3. The Morgan fingerprint density at radius 2 is 1.81 bits per heavy atom. The average Bonchev–Trinajstić information content (AvgIpc) is 2.90. The zero-order valence-corrected chi connectivity index (χ0v) is 17.9. The van der Waals surface area contributed by atoms with Gasteiger partial charge < -0.3 is 4.90 Å². The number of alkyl halides is 3. The molecule has 0 spiro atoms. The van der Waals surface area contributed by atoms with Gasteiger partial charge in [0.1, 0.15) is 6.54 Å². The molecule has 0 bridgehead atoms. The zero-order chi connectivity index (χ0) is 22.0. The maximum Gasteiger partial charge on any atom is 0.435 e. The molecular weight excluding hydrogens is 405 g/mol. The molecule has 1 saturated heterocycles. The molecule has 5 nitrogen and oxygen atoms in total. The third-order valence-corrected chi connectivity index (χ3v) is 6.27. The van der Waals surface area contributed by atoms with E-state index in [1.54, 1.807) is 4.90 Å². The van der Waals surface area contributed by atoms with E-state index < -0.39 is 11.9 Å². The maximum atomic E-state index is 13.5. The van der Waals surface area contributed by atoms with Crippen LogP contribution >= 0.6 is 0 Å². The maximum absolute atomic E-state index is 13.5. The number of aryl methyl sites for hydroxylation is 1. The number of carbonyl (C=O) groups excluding carboxylic acids is 1. The van der Waals surface area contributed by atoms with Crippen LogP contribution in [-0.2, 0) is 36.9 Å². The molecular formula is C23H29F3N4O. The van der Waals surface area contributed by atoms with E-state index in [1.807, 2.05) is 6.07 Å². The van der Waals surface area contributed by atoms with E-state index in [4.69, 9.17) is 0 Å². The highest BCUT2D eigenvalue weighted by molar-refractivity contribution is 5.76.